The number of para-hydroxylation sites is 1. The van der Waals surface area contributed by atoms with Gasteiger partial charge in [-0.15, -0.1) is 6.42 Å². The standard InChI is InChI=1S/C11H9F3O/c1-3-9-6-4-5-8(2)10(9)15-7-11(12,13)14/h1,4-6H,7H2,2H3. The van der Waals surface area contributed by atoms with Crippen LogP contribution in [-0.2, 0) is 0 Å². The zero-order valence-electron chi connectivity index (χ0n) is 8.06. The van der Waals surface area contributed by atoms with Gasteiger partial charge in [-0.2, -0.15) is 13.2 Å². The van der Waals surface area contributed by atoms with Crippen LogP contribution in [0.2, 0.25) is 0 Å². The molecule has 1 aromatic carbocycles. The highest BCUT2D eigenvalue weighted by Crippen LogP contribution is 2.25. The zero-order chi connectivity index (χ0) is 11.5. The number of ether oxygens (including phenoxy) is 1. The van der Waals surface area contributed by atoms with Crippen molar-refractivity contribution in [3.05, 3.63) is 29.3 Å². The van der Waals surface area contributed by atoms with Gasteiger partial charge >= 0.3 is 6.18 Å². The van der Waals surface area contributed by atoms with E-state index < -0.39 is 12.8 Å². The van der Waals surface area contributed by atoms with E-state index in [9.17, 15) is 13.2 Å². The number of hydrogen-bond acceptors (Lipinski definition) is 1. The zero-order valence-corrected chi connectivity index (χ0v) is 8.06. The average Bonchev–Trinajstić information content (AvgIpc) is 2.14. The van der Waals surface area contributed by atoms with E-state index >= 15 is 0 Å². The maximum atomic E-state index is 11.9. The minimum Gasteiger partial charge on any atom is -0.483 e. The molecule has 4 heteroatoms. The first-order valence-corrected chi connectivity index (χ1v) is 4.20. The third-order valence-electron chi connectivity index (χ3n) is 1.75. The van der Waals surface area contributed by atoms with Gasteiger partial charge in [-0.05, 0) is 18.6 Å². The Kier molecular flexibility index (Phi) is 3.25. The van der Waals surface area contributed by atoms with Crippen molar-refractivity contribution < 1.29 is 17.9 Å². The van der Waals surface area contributed by atoms with Gasteiger partial charge < -0.3 is 4.74 Å². The summed E-state index contributed by atoms with van der Waals surface area (Å²) in [5, 5.41) is 0. The number of halogens is 3. The van der Waals surface area contributed by atoms with Gasteiger partial charge in [0.25, 0.3) is 0 Å². The number of alkyl halides is 3. The summed E-state index contributed by atoms with van der Waals surface area (Å²) in [7, 11) is 0. The van der Waals surface area contributed by atoms with Crippen molar-refractivity contribution in [1.29, 1.82) is 0 Å². The smallest absolute Gasteiger partial charge is 0.422 e. The molecule has 15 heavy (non-hydrogen) atoms. The van der Waals surface area contributed by atoms with Gasteiger partial charge in [0.2, 0.25) is 0 Å². The van der Waals surface area contributed by atoms with Crippen LogP contribution in [-0.4, -0.2) is 12.8 Å². The summed E-state index contributed by atoms with van der Waals surface area (Å²) in [5.41, 5.74) is 0.925. The van der Waals surface area contributed by atoms with Crippen LogP contribution in [0.1, 0.15) is 11.1 Å². The van der Waals surface area contributed by atoms with Gasteiger partial charge in [0.1, 0.15) is 5.75 Å². The summed E-state index contributed by atoms with van der Waals surface area (Å²) >= 11 is 0. The van der Waals surface area contributed by atoms with Crippen LogP contribution in [0, 0.1) is 19.3 Å². The molecule has 0 amide bonds. The van der Waals surface area contributed by atoms with Gasteiger partial charge in [0, 0.05) is 0 Å². The molecule has 0 radical (unpaired) electrons. The molecule has 0 N–H and O–H groups in total. The molecule has 0 aliphatic heterocycles. The molecule has 0 spiro atoms. The molecule has 0 aliphatic rings. The van der Waals surface area contributed by atoms with Gasteiger partial charge in [0.05, 0.1) is 5.56 Å². The number of terminal acetylenes is 1. The number of hydrogen-bond donors (Lipinski definition) is 0. The molecule has 80 valence electrons. The van der Waals surface area contributed by atoms with Crippen LogP contribution < -0.4 is 4.74 Å². The van der Waals surface area contributed by atoms with Crippen LogP contribution in [0.5, 0.6) is 5.75 Å². The summed E-state index contributed by atoms with van der Waals surface area (Å²) in [5.74, 6) is 2.40. The highest BCUT2D eigenvalue weighted by Gasteiger charge is 2.29. The van der Waals surface area contributed by atoms with Crippen molar-refractivity contribution >= 4 is 0 Å². The topological polar surface area (TPSA) is 9.23 Å². The van der Waals surface area contributed by atoms with Crippen LogP contribution in [0.15, 0.2) is 18.2 Å². The van der Waals surface area contributed by atoms with Crippen molar-refractivity contribution in [2.75, 3.05) is 6.61 Å². The fourth-order valence-electron chi connectivity index (χ4n) is 1.11. The lowest BCUT2D eigenvalue weighted by Gasteiger charge is -2.12. The lowest BCUT2D eigenvalue weighted by Crippen LogP contribution is -2.20. The molecule has 0 bridgehead atoms. The predicted octanol–water partition coefficient (Wildman–Crippen LogP) is 2.92. The van der Waals surface area contributed by atoms with Crippen LogP contribution in [0.25, 0.3) is 0 Å². The Balaban J connectivity index is 2.90. The highest BCUT2D eigenvalue weighted by atomic mass is 19.4. The molecule has 0 fully saturated rings. The van der Waals surface area contributed by atoms with Crippen LogP contribution >= 0.6 is 0 Å². The van der Waals surface area contributed by atoms with E-state index in [1.54, 1.807) is 25.1 Å². The van der Waals surface area contributed by atoms with Crippen molar-refractivity contribution in [2.24, 2.45) is 0 Å². The van der Waals surface area contributed by atoms with E-state index in [0.717, 1.165) is 0 Å². The second kappa shape index (κ2) is 4.26. The monoisotopic (exact) mass is 214 g/mol. The van der Waals surface area contributed by atoms with Crippen LogP contribution in [0.4, 0.5) is 13.2 Å². The number of rotatable bonds is 2. The largest absolute Gasteiger partial charge is 0.483 e. The second-order valence-electron chi connectivity index (χ2n) is 3.00. The first-order chi connectivity index (χ1) is 6.94. The molecule has 0 aromatic heterocycles. The fourth-order valence-corrected chi connectivity index (χ4v) is 1.11. The lowest BCUT2D eigenvalue weighted by molar-refractivity contribution is -0.153. The SMILES string of the molecule is C#Cc1cccc(C)c1OCC(F)(F)F. The summed E-state index contributed by atoms with van der Waals surface area (Å²) in [6.07, 6.45) is 0.795. The molecule has 0 heterocycles. The summed E-state index contributed by atoms with van der Waals surface area (Å²) < 4.78 is 40.5. The quantitative estimate of drug-likeness (QED) is 0.688. The van der Waals surface area contributed by atoms with E-state index in [1.165, 1.54) is 0 Å². The highest BCUT2D eigenvalue weighted by molar-refractivity contribution is 5.49. The predicted molar refractivity (Wildman–Crippen MR) is 50.7 cm³/mol. The van der Waals surface area contributed by atoms with Crippen molar-refractivity contribution in [2.45, 2.75) is 13.1 Å². The van der Waals surface area contributed by atoms with Gasteiger partial charge in [0.15, 0.2) is 6.61 Å². The normalized spacial score (nSPS) is 10.9. The minimum absolute atomic E-state index is 0.123. The first-order valence-electron chi connectivity index (χ1n) is 4.20. The number of aryl methyl sites for hydroxylation is 1. The van der Waals surface area contributed by atoms with E-state index in [2.05, 4.69) is 10.7 Å². The maximum absolute atomic E-state index is 11.9. The average molecular weight is 214 g/mol. The van der Waals surface area contributed by atoms with Gasteiger partial charge in [-0.3, -0.25) is 0 Å². The summed E-state index contributed by atoms with van der Waals surface area (Å²) in [6, 6.07) is 4.86. The molecular formula is C11H9F3O. The van der Waals surface area contributed by atoms with E-state index in [1.807, 2.05) is 0 Å². The lowest BCUT2D eigenvalue weighted by atomic mass is 10.1. The first kappa shape index (κ1) is 11.4. The van der Waals surface area contributed by atoms with Crippen LogP contribution in [0.3, 0.4) is 0 Å². The molecule has 0 saturated heterocycles. The molecule has 1 rings (SSSR count). The van der Waals surface area contributed by atoms with E-state index in [-0.39, 0.29) is 5.75 Å². The van der Waals surface area contributed by atoms with Crippen molar-refractivity contribution in [1.82, 2.24) is 0 Å². The number of benzene rings is 1. The van der Waals surface area contributed by atoms with Crippen molar-refractivity contribution in [3.8, 4) is 18.1 Å². The third-order valence-corrected chi connectivity index (χ3v) is 1.75. The van der Waals surface area contributed by atoms with E-state index in [4.69, 9.17) is 6.42 Å². The fraction of sp³-hybridized carbons (Fsp3) is 0.273. The van der Waals surface area contributed by atoms with E-state index in [0.29, 0.717) is 11.1 Å². The summed E-state index contributed by atoms with van der Waals surface area (Å²) in [6.45, 7) is 0.319. The summed E-state index contributed by atoms with van der Waals surface area (Å²) in [4.78, 5) is 0. The molecule has 1 nitrogen and oxygen atoms in total. The molecule has 1 aromatic rings. The molecule has 0 saturated carbocycles. The van der Waals surface area contributed by atoms with Gasteiger partial charge in [-0.1, -0.05) is 18.1 Å². The van der Waals surface area contributed by atoms with Gasteiger partial charge in [-0.25, -0.2) is 0 Å². The Hall–Kier alpha value is -1.63. The Labute approximate surface area is 85.9 Å². The molecule has 0 atom stereocenters. The second-order valence-corrected chi connectivity index (χ2v) is 3.00. The molecular weight excluding hydrogens is 205 g/mol. The maximum Gasteiger partial charge on any atom is 0.422 e. The Morgan fingerprint density at radius 2 is 2.07 bits per heavy atom. The van der Waals surface area contributed by atoms with Crippen molar-refractivity contribution in [3.63, 3.8) is 0 Å². The minimum atomic E-state index is -4.35. The Morgan fingerprint density at radius 1 is 1.40 bits per heavy atom. The Bertz CT molecular complexity index is 388. The third kappa shape index (κ3) is 3.21. The Morgan fingerprint density at radius 3 is 2.60 bits per heavy atom. The molecule has 0 aliphatic carbocycles. The molecule has 0 unspecified atom stereocenters.